The normalized spacial score (nSPS) is 23.2. The number of likely N-dealkylation sites (tertiary alicyclic amines) is 1. The highest BCUT2D eigenvalue weighted by molar-refractivity contribution is 5.76. The molecule has 1 amide bonds. The molecule has 1 fully saturated rings. The Kier molecular flexibility index (Phi) is 5.77. The molecule has 0 radical (unpaired) electrons. The quantitative estimate of drug-likeness (QED) is 0.770. The summed E-state index contributed by atoms with van der Waals surface area (Å²) in [7, 11) is 1.66. The molecule has 0 aromatic carbocycles. The summed E-state index contributed by atoms with van der Waals surface area (Å²) in [6, 6.07) is 0.0408. The maximum atomic E-state index is 11.9. The van der Waals surface area contributed by atoms with Gasteiger partial charge in [0.2, 0.25) is 5.91 Å². The van der Waals surface area contributed by atoms with Crippen molar-refractivity contribution in [2.24, 2.45) is 0 Å². The summed E-state index contributed by atoms with van der Waals surface area (Å²) in [6.07, 6.45) is 4.50. The number of amides is 1. The summed E-state index contributed by atoms with van der Waals surface area (Å²) in [4.78, 5) is 13.8. The first-order valence-corrected chi connectivity index (χ1v) is 6.12. The van der Waals surface area contributed by atoms with Crippen LogP contribution in [0, 0.1) is 0 Å². The van der Waals surface area contributed by atoms with E-state index in [1.807, 2.05) is 11.8 Å². The van der Waals surface area contributed by atoms with Crippen LogP contribution >= 0.6 is 0 Å². The van der Waals surface area contributed by atoms with Crippen LogP contribution in [0.15, 0.2) is 0 Å². The Bertz CT molecular complexity index is 220. The van der Waals surface area contributed by atoms with E-state index in [2.05, 4.69) is 0 Å². The van der Waals surface area contributed by atoms with Crippen LogP contribution in [-0.4, -0.2) is 48.3 Å². The van der Waals surface area contributed by atoms with Crippen LogP contribution in [0.2, 0.25) is 0 Å². The number of hydrogen-bond donors (Lipinski definition) is 1. The van der Waals surface area contributed by atoms with Crippen molar-refractivity contribution in [2.45, 2.75) is 51.2 Å². The molecule has 94 valence electrons. The number of aliphatic hydroxyl groups excluding tert-OH is 1. The average molecular weight is 229 g/mol. The van der Waals surface area contributed by atoms with Crippen LogP contribution < -0.4 is 0 Å². The SMILES string of the molecule is COC(C)CCC(=O)N1CCCCC1CO. The van der Waals surface area contributed by atoms with E-state index in [-0.39, 0.29) is 24.7 Å². The van der Waals surface area contributed by atoms with Gasteiger partial charge in [-0.3, -0.25) is 4.79 Å². The monoisotopic (exact) mass is 229 g/mol. The molecule has 0 saturated carbocycles. The molecule has 0 aromatic heterocycles. The third kappa shape index (κ3) is 3.76. The Hall–Kier alpha value is -0.610. The molecule has 1 rings (SSSR count). The van der Waals surface area contributed by atoms with Crippen molar-refractivity contribution in [1.82, 2.24) is 4.90 Å². The topological polar surface area (TPSA) is 49.8 Å². The van der Waals surface area contributed by atoms with Gasteiger partial charge < -0.3 is 14.7 Å². The summed E-state index contributed by atoms with van der Waals surface area (Å²) < 4.78 is 5.12. The maximum Gasteiger partial charge on any atom is 0.222 e. The minimum absolute atomic E-state index is 0.0408. The van der Waals surface area contributed by atoms with Crippen molar-refractivity contribution in [2.75, 3.05) is 20.3 Å². The molecule has 16 heavy (non-hydrogen) atoms. The predicted molar refractivity (Wildman–Crippen MR) is 62.1 cm³/mol. The molecule has 2 atom stereocenters. The Balaban J connectivity index is 2.38. The third-order valence-corrected chi connectivity index (χ3v) is 3.33. The van der Waals surface area contributed by atoms with Gasteiger partial charge in [0.1, 0.15) is 0 Å². The molecule has 1 heterocycles. The van der Waals surface area contributed by atoms with E-state index >= 15 is 0 Å². The van der Waals surface area contributed by atoms with Crippen molar-refractivity contribution >= 4 is 5.91 Å². The smallest absolute Gasteiger partial charge is 0.222 e. The molecule has 0 aliphatic carbocycles. The third-order valence-electron chi connectivity index (χ3n) is 3.33. The van der Waals surface area contributed by atoms with Gasteiger partial charge in [0.15, 0.2) is 0 Å². The zero-order chi connectivity index (χ0) is 12.0. The van der Waals surface area contributed by atoms with Gasteiger partial charge in [0.25, 0.3) is 0 Å². The van der Waals surface area contributed by atoms with Gasteiger partial charge in [0, 0.05) is 20.1 Å². The number of rotatable bonds is 5. The zero-order valence-electron chi connectivity index (χ0n) is 10.3. The lowest BCUT2D eigenvalue weighted by molar-refractivity contribution is -0.136. The molecule has 1 saturated heterocycles. The first kappa shape index (κ1) is 13.5. The highest BCUT2D eigenvalue weighted by atomic mass is 16.5. The lowest BCUT2D eigenvalue weighted by atomic mass is 10.0. The zero-order valence-corrected chi connectivity index (χ0v) is 10.3. The van der Waals surface area contributed by atoms with E-state index in [0.29, 0.717) is 6.42 Å². The van der Waals surface area contributed by atoms with Crippen molar-refractivity contribution in [3.8, 4) is 0 Å². The second kappa shape index (κ2) is 6.86. The fourth-order valence-electron chi connectivity index (χ4n) is 2.11. The number of nitrogens with zero attached hydrogens (tertiary/aromatic N) is 1. The Labute approximate surface area is 97.6 Å². The van der Waals surface area contributed by atoms with Gasteiger partial charge in [-0.25, -0.2) is 0 Å². The van der Waals surface area contributed by atoms with Crippen LogP contribution in [0.1, 0.15) is 39.0 Å². The van der Waals surface area contributed by atoms with E-state index in [9.17, 15) is 9.90 Å². The van der Waals surface area contributed by atoms with Gasteiger partial charge in [0.05, 0.1) is 18.8 Å². The van der Waals surface area contributed by atoms with Gasteiger partial charge in [-0.1, -0.05) is 0 Å². The molecule has 4 heteroatoms. The summed E-state index contributed by atoms with van der Waals surface area (Å²) in [5.74, 6) is 0.155. The Morgan fingerprint density at radius 2 is 2.31 bits per heavy atom. The number of carbonyl (C=O) groups is 1. The number of hydrogen-bond acceptors (Lipinski definition) is 3. The van der Waals surface area contributed by atoms with E-state index in [1.165, 1.54) is 0 Å². The van der Waals surface area contributed by atoms with Gasteiger partial charge in [-0.05, 0) is 32.6 Å². The number of aliphatic hydroxyl groups is 1. The van der Waals surface area contributed by atoms with Crippen molar-refractivity contribution < 1.29 is 14.6 Å². The van der Waals surface area contributed by atoms with Crippen LogP contribution in [0.4, 0.5) is 0 Å². The fraction of sp³-hybridized carbons (Fsp3) is 0.917. The van der Waals surface area contributed by atoms with Gasteiger partial charge in [-0.15, -0.1) is 0 Å². The summed E-state index contributed by atoms with van der Waals surface area (Å²) in [5.41, 5.74) is 0. The Morgan fingerprint density at radius 3 is 2.94 bits per heavy atom. The van der Waals surface area contributed by atoms with Crippen LogP contribution in [-0.2, 0) is 9.53 Å². The Morgan fingerprint density at radius 1 is 1.56 bits per heavy atom. The lowest BCUT2D eigenvalue weighted by Gasteiger charge is -2.34. The number of methoxy groups -OCH3 is 1. The average Bonchev–Trinajstić information content (AvgIpc) is 2.35. The molecule has 2 unspecified atom stereocenters. The molecular formula is C12H23NO3. The molecule has 0 aromatic rings. The lowest BCUT2D eigenvalue weighted by Crippen LogP contribution is -2.45. The molecule has 1 aliphatic heterocycles. The summed E-state index contributed by atoms with van der Waals surface area (Å²) in [6.45, 7) is 2.85. The maximum absolute atomic E-state index is 11.9. The molecule has 4 nitrogen and oxygen atoms in total. The van der Waals surface area contributed by atoms with Crippen LogP contribution in [0.3, 0.4) is 0 Å². The number of piperidine rings is 1. The molecule has 1 N–H and O–H groups in total. The highest BCUT2D eigenvalue weighted by Gasteiger charge is 2.25. The number of ether oxygens (including phenoxy) is 1. The van der Waals surface area contributed by atoms with Crippen LogP contribution in [0.25, 0.3) is 0 Å². The van der Waals surface area contributed by atoms with Crippen molar-refractivity contribution in [3.63, 3.8) is 0 Å². The van der Waals surface area contributed by atoms with E-state index < -0.39 is 0 Å². The second-order valence-corrected chi connectivity index (χ2v) is 4.50. The molecular weight excluding hydrogens is 206 g/mol. The minimum Gasteiger partial charge on any atom is -0.394 e. The fourth-order valence-corrected chi connectivity index (χ4v) is 2.11. The van der Waals surface area contributed by atoms with Crippen LogP contribution in [0.5, 0.6) is 0 Å². The molecule has 1 aliphatic rings. The largest absolute Gasteiger partial charge is 0.394 e. The molecule has 0 spiro atoms. The predicted octanol–water partition coefficient (Wildman–Crippen LogP) is 1.17. The van der Waals surface area contributed by atoms with E-state index in [0.717, 1.165) is 32.2 Å². The summed E-state index contributed by atoms with van der Waals surface area (Å²) in [5, 5.41) is 9.22. The van der Waals surface area contributed by atoms with Crippen molar-refractivity contribution in [3.05, 3.63) is 0 Å². The van der Waals surface area contributed by atoms with E-state index in [1.54, 1.807) is 7.11 Å². The first-order chi connectivity index (χ1) is 7.69. The number of carbonyl (C=O) groups excluding carboxylic acids is 1. The highest BCUT2D eigenvalue weighted by Crippen LogP contribution is 2.18. The van der Waals surface area contributed by atoms with Gasteiger partial charge >= 0.3 is 0 Å². The second-order valence-electron chi connectivity index (χ2n) is 4.50. The summed E-state index contributed by atoms with van der Waals surface area (Å²) >= 11 is 0. The standard InChI is InChI=1S/C12H23NO3/c1-10(16-2)6-7-12(15)13-8-4-3-5-11(13)9-14/h10-11,14H,3-9H2,1-2H3. The van der Waals surface area contributed by atoms with Crippen molar-refractivity contribution in [1.29, 1.82) is 0 Å². The van der Waals surface area contributed by atoms with Gasteiger partial charge in [-0.2, -0.15) is 0 Å². The first-order valence-electron chi connectivity index (χ1n) is 6.12. The van der Waals surface area contributed by atoms with E-state index in [4.69, 9.17) is 4.74 Å². The molecule has 0 bridgehead atoms. The minimum atomic E-state index is 0.0408.